The molecule has 1 aromatic carbocycles. The average molecular weight is 429 g/mol. The molecule has 1 aromatic rings. The molecule has 1 fully saturated rings. The average Bonchev–Trinajstić information content (AvgIpc) is 3.13. The minimum absolute atomic E-state index is 0.0142. The van der Waals surface area contributed by atoms with Crippen molar-refractivity contribution in [3.05, 3.63) is 29.3 Å². The molecule has 1 saturated carbocycles. The molecule has 2 bridgehead atoms. The summed E-state index contributed by atoms with van der Waals surface area (Å²) in [5.74, 6) is 0.938. The number of carbonyl (C=O) groups is 1. The van der Waals surface area contributed by atoms with E-state index in [1.54, 1.807) is 14.2 Å². The molecule has 172 valence electrons. The molecule has 1 N–H and O–H groups in total. The van der Waals surface area contributed by atoms with Crippen LogP contribution in [0.15, 0.2) is 18.2 Å². The number of ether oxygens (including phenoxy) is 2. The van der Waals surface area contributed by atoms with Gasteiger partial charge in [0.1, 0.15) is 11.5 Å². The second kappa shape index (κ2) is 8.52. The Labute approximate surface area is 188 Å². The van der Waals surface area contributed by atoms with E-state index in [0.29, 0.717) is 17.9 Å². The lowest BCUT2D eigenvalue weighted by Gasteiger charge is -2.38. The Morgan fingerprint density at radius 3 is 2.23 bits per heavy atom. The van der Waals surface area contributed by atoms with Crippen LogP contribution in [-0.4, -0.2) is 25.3 Å². The number of benzene rings is 1. The fraction of sp³-hybridized carbons (Fsp3) is 0.667. The smallest absolute Gasteiger partial charge is 0.314 e. The highest BCUT2D eigenvalue weighted by atomic mass is 16.5. The second-order valence-electron chi connectivity index (χ2n) is 10.6. The number of rotatable bonds is 10. The van der Waals surface area contributed by atoms with Crippen molar-refractivity contribution in [3.63, 3.8) is 0 Å². The minimum Gasteiger partial charge on any atom is -0.496 e. The molecule has 0 aliphatic heterocycles. The van der Waals surface area contributed by atoms with Crippen LogP contribution in [0.4, 0.5) is 0 Å². The van der Waals surface area contributed by atoms with Gasteiger partial charge in [-0.25, -0.2) is 0 Å². The van der Waals surface area contributed by atoms with Gasteiger partial charge >= 0.3 is 5.97 Å². The predicted octanol–water partition coefficient (Wildman–Crippen LogP) is 6.86. The van der Waals surface area contributed by atoms with E-state index in [9.17, 15) is 9.90 Å². The summed E-state index contributed by atoms with van der Waals surface area (Å²) in [5, 5.41) is 10.4. The molecule has 2 aliphatic carbocycles. The van der Waals surface area contributed by atoms with E-state index >= 15 is 0 Å². The van der Waals surface area contributed by atoms with Crippen LogP contribution in [-0.2, 0) is 10.2 Å². The Balaban J connectivity index is 2.07. The van der Waals surface area contributed by atoms with Crippen LogP contribution in [0.5, 0.6) is 11.5 Å². The first-order valence-corrected chi connectivity index (χ1v) is 11.8. The maximum atomic E-state index is 12.7. The van der Waals surface area contributed by atoms with Crippen LogP contribution >= 0.6 is 0 Å². The lowest BCUT2D eigenvalue weighted by Crippen LogP contribution is -2.40. The molecule has 0 radical (unpaired) electrons. The Bertz CT molecular complexity index is 839. The molecule has 4 heteroatoms. The van der Waals surface area contributed by atoms with Crippen molar-refractivity contribution in [2.45, 2.75) is 85.0 Å². The number of hydrogen-bond acceptors (Lipinski definition) is 3. The summed E-state index contributed by atoms with van der Waals surface area (Å²) in [7, 11) is 3.34. The van der Waals surface area contributed by atoms with E-state index in [1.165, 1.54) is 31.2 Å². The van der Waals surface area contributed by atoms with Crippen molar-refractivity contribution in [2.75, 3.05) is 14.2 Å². The fourth-order valence-electron chi connectivity index (χ4n) is 5.99. The normalized spacial score (nSPS) is 24.2. The Morgan fingerprint density at radius 2 is 1.74 bits per heavy atom. The van der Waals surface area contributed by atoms with Gasteiger partial charge in [-0.15, -0.1) is 0 Å². The van der Waals surface area contributed by atoms with Gasteiger partial charge in [-0.2, -0.15) is 0 Å². The quantitative estimate of drug-likeness (QED) is 0.414. The first kappa shape index (κ1) is 23.7. The van der Waals surface area contributed by atoms with Gasteiger partial charge in [-0.3, -0.25) is 4.79 Å². The number of allylic oxidation sites excluding steroid dienone is 1. The SMILES string of the molecule is CCCCCCC(C)(C)c1cc(OC)c(C2=C[C@@H]3CC[C@@]2(C(=O)O)C3(C)C)c(OC)c1. The Hall–Kier alpha value is -1.97. The van der Waals surface area contributed by atoms with E-state index in [4.69, 9.17) is 9.47 Å². The Kier molecular flexibility index (Phi) is 6.51. The third kappa shape index (κ3) is 3.66. The molecule has 3 rings (SSSR count). The number of carboxylic acid groups (broad SMARTS) is 1. The number of methoxy groups -OCH3 is 2. The summed E-state index contributed by atoms with van der Waals surface area (Å²) >= 11 is 0. The van der Waals surface area contributed by atoms with E-state index in [-0.39, 0.29) is 16.7 Å². The minimum atomic E-state index is -0.907. The second-order valence-corrected chi connectivity index (χ2v) is 10.6. The van der Waals surface area contributed by atoms with Gasteiger partial charge in [0.25, 0.3) is 0 Å². The maximum absolute atomic E-state index is 12.7. The van der Waals surface area contributed by atoms with E-state index in [0.717, 1.165) is 24.0 Å². The van der Waals surface area contributed by atoms with Crippen LogP contribution < -0.4 is 9.47 Å². The molecular weight excluding hydrogens is 388 g/mol. The molecule has 0 aromatic heterocycles. The topological polar surface area (TPSA) is 55.8 Å². The van der Waals surface area contributed by atoms with Crippen LogP contribution in [0.25, 0.3) is 5.57 Å². The first-order valence-electron chi connectivity index (χ1n) is 11.8. The molecule has 0 amide bonds. The molecule has 0 saturated heterocycles. The van der Waals surface area contributed by atoms with Crippen molar-refractivity contribution in [1.82, 2.24) is 0 Å². The molecule has 2 aliphatic rings. The van der Waals surface area contributed by atoms with Crippen molar-refractivity contribution >= 4 is 11.5 Å². The maximum Gasteiger partial charge on any atom is 0.314 e. The van der Waals surface area contributed by atoms with Crippen LogP contribution in [0, 0.1) is 16.7 Å². The molecule has 0 heterocycles. The lowest BCUT2D eigenvalue weighted by atomic mass is 9.64. The van der Waals surface area contributed by atoms with Gasteiger partial charge in [0, 0.05) is 0 Å². The van der Waals surface area contributed by atoms with Crippen LogP contribution in [0.1, 0.15) is 90.7 Å². The summed E-state index contributed by atoms with van der Waals surface area (Å²) in [4.78, 5) is 12.7. The van der Waals surface area contributed by atoms with Crippen molar-refractivity contribution in [2.24, 2.45) is 16.7 Å². The molecule has 0 unspecified atom stereocenters. The van der Waals surface area contributed by atoms with Crippen molar-refractivity contribution in [1.29, 1.82) is 0 Å². The fourth-order valence-corrected chi connectivity index (χ4v) is 5.99. The molecule has 31 heavy (non-hydrogen) atoms. The standard InChI is InChI=1S/C27H40O4/c1-8-9-10-11-13-25(2,3)19-16-21(30-6)23(22(17-19)31-7)20-15-18-12-14-27(20,24(28)29)26(18,4)5/h15-18H,8-14H2,1-7H3,(H,28,29)/t18-,27+/m0/s1. The summed E-state index contributed by atoms with van der Waals surface area (Å²) in [6, 6.07) is 4.21. The number of carboxylic acids is 1. The van der Waals surface area contributed by atoms with Gasteiger partial charge in [0.05, 0.1) is 25.2 Å². The molecule has 2 atom stereocenters. The third-order valence-electron chi connectivity index (χ3n) is 8.26. The van der Waals surface area contributed by atoms with Gasteiger partial charge in [0.15, 0.2) is 0 Å². The lowest BCUT2D eigenvalue weighted by molar-refractivity contribution is -0.149. The number of unbranched alkanes of at least 4 members (excludes halogenated alkanes) is 3. The third-order valence-corrected chi connectivity index (χ3v) is 8.26. The predicted molar refractivity (Wildman–Crippen MR) is 126 cm³/mol. The van der Waals surface area contributed by atoms with E-state index < -0.39 is 11.4 Å². The summed E-state index contributed by atoms with van der Waals surface area (Å²) in [5.41, 5.74) is 1.60. The van der Waals surface area contributed by atoms with Gasteiger partial charge in [-0.1, -0.05) is 66.4 Å². The van der Waals surface area contributed by atoms with Gasteiger partial charge < -0.3 is 14.6 Å². The highest BCUT2D eigenvalue weighted by Crippen LogP contribution is 2.69. The van der Waals surface area contributed by atoms with Gasteiger partial charge in [0.2, 0.25) is 0 Å². The zero-order chi connectivity index (χ0) is 23.0. The zero-order valence-electron chi connectivity index (χ0n) is 20.4. The first-order chi connectivity index (χ1) is 14.6. The zero-order valence-corrected chi connectivity index (χ0v) is 20.4. The highest BCUT2D eigenvalue weighted by Gasteiger charge is 2.65. The van der Waals surface area contributed by atoms with Crippen LogP contribution in [0.3, 0.4) is 0 Å². The van der Waals surface area contributed by atoms with E-state index in [1.807, 2.05) is 0 Å². The number of hydrogen-bond donors (Lipinski definition) is 1. The molecule has 0 spiro atoms. The summed E-state index contributed by atoms with van der Waals surface area (Å²) in [6.07, 6.45) is 9.77. The monoisotopic (exact) mass is 428 g/mol. The van der Waals surface area contributed by atoms with E-state index in [2.05, 4.69) is 52.8 Å². The van der Waals surface area contributed by atoms with Gasteiger partial charge in [-0.05, 0) is 59.3 Å². The highest BCUT2D eigenvalue weighted by molar-refractivity contribution is 5.98. The van der Waals surface area contributed by atoms with Crippen LogP contribution in [0.2, 0.25) is 0 Å². The van der Waals surface area contributed by atoms with Crippen molar-refractivity contribution in [3.8, 4) is 11.5 Å². The molecular formula is C27H40O4. The molecule has 4 nitrogen and oxygen atoms in total. The number of aliphatic carboxylic acids is 1. The summed E-state index contributed by atoms with van der Waals surface area (Å²) < 4.78 is 11.7. The Morgan fingerprint density at radius 1 is 1.13 bits per heavy atom. The van der Waals surface area contributed by atoms with Crippen molar-refractivity contribution < 1.29 is 19.4 Å². The largest absolute Gasteiger partial charge is 0.496 e. The number of fused-ring (bicyclic) bond motifs is 2. The summed E-state index contributed by atoms with van der Waals surface area (Å²) in [6.45, 7) is 11.0.